The van der Waals surface area contributed by atoms with E-state index in [9.17, 15) is 9.59 Å². The average molecular weight is 316 g/mol. The summed E-state index contributed by atoms with van der Waals surface area (Å²) in [5.74, 6) is 0.228. The summed E-state index contributed by atoms with van der Waals surface area (Å²) in [7, 11) is 0. The molecule has 0 atom stereocenters. The van der Waals surface area contributed by atoms with Crippen molar-refractivity contribution in [2.75, 3.05) is 18.0 Å². The van der Waals surface area contributed by atoms with E-state index >= 15 is 0 Å². The molecule has 0 spiro atoms. The van der Waals surface area contributed by atoms with Crippen LogP contribution in [-0.2, 0) is 14.3 Å². The van der Waals surface area contributed by atoms with Gasteiger partial charge in [-0.1, -0.05) is 12.1 Å². The van der Waals surface area contributed by atoms with Crippen molar-refractivity contribution in [3.63, 3.8) is 0 Å². The highest BCUT2D eigenvalue weighted by molar-refractivity contribution is 5.93. The van der Waals surface area contributed by atoms with Gasteiger partial charge >= 0.3 is 11.9 Å². The van der Waals surface area contributed by atoms with E-state index in [2.05, 4.69) is 9.88 Å². The predicted octanol–water partition coefficient (Wildman–Crippen LogP) is 2.97. The zero-order chi connectivity index (χ0) is 16.9. The monoisotopic (exact) mass is 316 g/mol. The Hall–Kier alpha value is -2.17. The summed E-state index contributed by atoms with van der Waals surface area (Å²) >= 11 is 0. The van der Waals surface area contributed by atoms with Gasteiger partial charge in [0.1, 0.15) is 5.82 Å². The minimum absolute atomic E-state index is 0.326. The Morgan fingerprint density at radius 2 is 1.96 bits per heavy atom. The Kier molecular flexibility index (Phi) is 5.53. The third kappa shape index (κ3) is 5.20. The van der Waals surface area contributed by atoms with Gasteiger partial charge in [-0.15, -0.1) is 0 Å². The standard InChI is InChI=1S/C18H24N2O3/c1-18(2,3)17(22)23-16(21)8-7-14-9-12-20(13-10-14)15-6-4-5-11-19-15/h4-8,11,14H,9-10,12-13H2,1-3H3/b8-7+. The first kappa shape index (κ1) is 17.2. The van der Waals surface area contributed by atoms with Crippen molar-refractivity contribution in [1.29, 1.82) is 0 Å². The van der Waals surface area contributed by atoms with Crippen molar-refractivity contribution in [2.45, 2.75) is 33.6 Å². The second kappa shape index (κ2) is 7.40. The maximum Gasteiger partial charge on any atom is 0.338 e. The first-order valence-corrected chi connectivity index (χ1v) is 7.96. The predicted molar refractivity (Wildman–Crippen MR) is 88.9 cm³/mol. The van der Waals surface area contributed by atoms with Crippen LogP contribution in [0.15, 0.2) is 36.5 Å². The van der Waals surface area contributed by atoms with E-state index in [0.29, 0.717) is 5.92 Å². The number of hydrogen-bond acceptors (Lipinski definition) is 5. The van der Waals surface area contributed by atoms with E-state index in [1.807, 2.05) is 24.3 Å². The molecule has 0 amide bonds. The van der Waals surface area contributed by atoms with Crippen molar-refractivity contribution in [2.24, 2.45) is 11.3 Å². The fourth-order valence-corrected chi connectivity index (χ4v) is 2.35. The molecule has 1 aliphatic heterocycles. The van der Waals surface area contributed by atoms with Crippen LogP contribution in [0.25, 0.3) is 0 Å². The van der Waals surface area contributed by atoms with Gasteiger partial charge in [-0.3, -0.25) is 4.79 Å². The normalized spacial score (nSPS) is 16.6. The number of ether oxygens (including phenoxy) is 1. The molecule has 0 bridgehead atoms. The number of rotatable bonds is 3. The number of piperidine rings is 1. The molecule has 5 heteroatoms. The summed E-state index contributed by atoms with van der Waals surface area (Å²) in [5, 5.41) is 0. The fraction of sp³-hybridized carbons (Fsp3) is 0.500. The average Bonchev–Trinajstić information content (AvgIpc) is 2.53. The van der Waals surface area contributed by atoms with Gasteiger partial charge in [0.25, 0.3) is 0 Å². The SMILES string of the molecule is CC(C)(C)C(=O)OC(=O)/C=C/C1CCN(c2ccccn2)CC1. The molecular weight excluding hydrogens is 292 g/mol. The van der Waals surface area contributed by atoms with E-state index in [0.717, 1.165) is 31.7 Å². The first-order chi connectivity index (χ1) is 10.9. The molecule has 1 aliphatic rings. The Morgan fingerprint density at radius 3 is 2.52 bits per heavy atom. The number of hydrogen-bond donors (Lipinski definition) is 0. The van der Waals surface area contributed by atoms with Crippen LogP contribution in [0.1, 0.15) is 33.6 Å². The minimum Gasteiger partial charge on any atom is -0.389 e. The molecule has 1 saturated heterocycles. The van der Waals surface area contributed by atoms with E-state index in [1.165, 1.54) is 6.08 Å². The van der Waals surface area contributed by atoms with Gasteiger partial charge in [-0.2, -0.15) is 0 Å². The van der Waals surface area contributed by atoms with Gasteiger partial charge < -0.3 is 9.64 Å². The maximum atomic E-state index is 11.7. The Balaban J connectivity index is 1.80. The van der Waals surface area contributed by atoms with E-state index in [1.54, 1.807) is 27.0 Å². The number of aromatic nitrogens is 1. The van der Waals surface area contributed by atoms with Crippen molar-refractivity contribution in [3.05, 3.63) is 36.5 Å². The molecule has 0 radical (unpaired) electrons. The van der Waals surface area contributed by atoms with Crippen molar-refractivity contribution < 1.29 is 14.3 Å². The number of allylic oxidation sites excluding steroid dienone is 1. The lowest BCUT2D eigenvalue weighted by molar-refractivity contribution is -0.162. The molecule has 124 valence electrons. The molecule has 1 fully saturated rings. The lowest BCUT2D eigenvalue weighted by atomic mass is 9.96. The number of carbonyl (C=O) groups excluding carboxylic acids is 2. The third-order valence-electron chi connectivity index (χ3n) is 3.82. The zero-order valence-electron chi connectivity index (χ0n) is 14.0. The number of anilines is 1. The molecule has 0 unspecified atom stereocenters. The van der Waals surface area contributed by atoms with Crippen LogP contribution < -0.4 is 4.90 Å². The molecule has 0 saturated carbocycles. The van der Waals surface area contributed by atoms with Gasteiger partial charge in [0.05, 0.1) is 5.41 Å². The summed E-state index contributed by atoms with van der Waals surface area (Å²) in [4.78, 5) is 29.9. The van der Waals surface area contributed by atoms with Crippen LogP contribution in [0, 0.1) is 11.3 Å². The minimum atomic E-state index is -0.669. The highest BCUT2D eigenvalue weighted by Gasteiger charge is 2.25. The molecule has 23 heavy (non-hydrogen) atoms. The van der Waals surface area contributed by atoms with Gasteiger partial charge in [0, 0.05) is 25.4 Å². The highest BCUT2D eigenvalue weighted by Crippen LogP contribution is 2.22. The van der Waals surface area contributed by atoms with Crippen LogP contribution in [0.5, 0.6) is 0 Å². The summed E-state index contributed by atoms with van der Waals surface area (Å²) in [6.07, 6.45) is 6.93. The van der Waals surface area contributed by atoms with Crippen molar-refractivity contribution in [3.8, 4) is 0 Å². The summed E-state index contributed by atoms with van der Waals surface area (Å²) in [5.41, 5.74) is -0.669. The van der Waals surface area contributed by atoms with Crippen LogP contribution in [0.3, 0.4) is 0 Å². The Morgan fingerprint density at radius 1 is 1.26 bits per heavy atom. The number of carbonyl (C=O) groups is 2. The summed E-state index contributed by atoms with van der Waals surface area (Å²) < 4.78 is 4.81. The largest absolute Gasteiger partial charge is 0.389 e. The van der Waals surface area contributed by atoms with Gasteiger partial charge in [-0.25, -0.2) is 9.78 Å². The van der Waals surface area contributed by atoms with Crippen LogP contribution >= 0.6 is 0 Å². The Bertz CT molecular complexity index is 568. The second-order valence-electron chi connectivity index (χ2n) is 6.83. The lowest BCUT2D eigenvalue weighted by Gasteiger charge is -2.31. The molecule has 1 aromatic rings. The smallest absolute Gasteiger partial charge is 0.338 e. The van der Waals surface area contributed by atoms with Gasteiger partial charge in [0.15, 0.2) is 0 Å². The van der Waals surface area contributed by atoms with Crippen LogP contribution in [0.2, 0.25) is 0 Å². The van der Waals surface area contributed by atoms with Crippen molar-refractivity contribution in [1.82, 2.24) is 4.98 Å². The van der Waals surface area contributed by atoms with E-state index < -0.39 is 17.4 Å². The summed E-state index contributed by atoms with van der Waals surface area (Å²) in [6, 6.07) is 5.89. The van der Waals surface area contributed by atoms with E-state index in [-0.39, 0.29) is 0 Å². The summed E-state index contributed by atoms with van der Waals surface area (Å²) in [6.45, 7) is 6.98. The number of pyridine rings is 1. The van der Waals surface area contributed by atoms with E-state index in [4.69, 9.17) is 4.74 Å². The molecule has 0 aliphatic carbocycles. The molecule has 5 nitrogen and oxygen atoms in total. The Labute approximate surface area is 137 Å². The quantitative estimate of drug-likeness (QED) is 0.487. The van der Waals surface area contributed by atoms with Crippen LogP contribution in [-0.4, -0.2) is 30.0 Å². The van der Waals surface area contributed by atoms with Crippen LogP contribution in [0.4, 0.5) is 5.82 Å². The molecule has 1 aromatic heterocycles. The fourth-order valence-electron chi connectivity index (χ4n) is 2.35. The maximum absolute atomic E-state index is 11.7. The van der Waals surface area contributed by atoms with Gasteiger partial charge in [-0.05, 0) is 51.7 Å². The van der Waals surface area contributed by atoms with Crippen molar-refractivity contribution >= 4 is 17.8 Å². The van der Waals surface area contributed by atoms with Gasteiger partial charge in [0.2, 0.25) is 0 Å². The molecule has 0 aromatic carbocycles. The topological polar surface area (TPSA) is 59.5 Å². The zero-order valence-corrected chi connectivity index (χ0v) is 14.0. The number of nitrogens with zero attached hydrogens (tertiary/aromatic N) is 2. The molecular formula is C18H24N2O3. The first-order valence-electron chi connectivity index (χ1n) is 7.96. The number of esters is 2. The third-order valence-corrected chi connectivity index (χ3v) is 3.82. The molecule has 0 N–H and O–H groups in total. The molecule has 2 heterocycles. The second-order valence-corrected chi connectivity index (χ2v) is 6.83. The molecule has 2 rings (SSSR count). The highest BCUT2D eigenvalue weighted by atomic mass is 16.6. The lowest BCUT2D eigenvalue weighted by Crippen LogP contribution is -2.33.